The summed E-state index contributed by atoms with van der Waals surface area (Å²) in [5.74, 6) is 5.15. The fourth-order valence-corrected chi connectivity index (χ4v) is 10.6. The summed E-state index contributed by atoms with van der Waals surface area (Å²) in [6, 6.07) is 0. The van der Waals surface area contributed by atoms with Gasteiger partial charge in [0.05, 0.1) is 0 Å². The highest BCUT2D eigenvalue weighted by atomic mass is 16.6. The van der Waals surface area contributed by atoms with Crippen molar-refractivity contribution in [1.82, 2.24) is 21.3 Å². The number of unbranched alkanes of at least 4 members (excludes halogenated alkanes) is 1. The number of ether oxygens (including phenoxy) is 1. The zero-order valence-electron chi connectivity index (χ0n) is 31.3. The van der Waals surface area contributed by atoms with Gasteiger partial charge in [-0.05, 0) is 156 Å². The van der Waals surface area contributed by atoms with Crippen LogP contribution < -0.4 is 27.0 Å². The van der Waals surface area contributed by atoms with E-state index < -0.39 is 0 Å². The quantitative estimate of drug-likeness (QED) is 0.0651. The number of amides is 1. The number of hydrogen-bond donors (Lipinski definition) is 5. The molecular weight excluding hydrogens is 582 g/mol. The van der Waals surface area contributed by atoms with Crippen molar-refractivity contribution in [3.8, 4) is 0 Å². The molecule has 272 valence electrons. The fraction of sp³-hybridized carbons (Fsp3) is 0.925. The van der Waals surface area contributed by atoms with E-state index in [1.807, 2.05) is 0 Å². The van der Waals surface area contributed by atoms with E-state index in [1.165, 1.54) is 64.2 Å². The van der Waals surface area contributed by atoms with Gasteiger partial charge in [-0.2, -0.15) is 0 Å². The van der Waals surface area contributed by atoms with E-state index in [0.717, 1.165) is 113 Å². The predicted molar refractivity (Wildman–Crippen MR) is 197 cm³/mol. The summed E-state index contributed by atoms with van der Waals surface area (Å²) in [6.45, 7) is 19.9. The number of hydrogen-bond acceptors (Lipinski definition) is 6. The van der Waals surface area contributed by atoms with Crippen molar-refractivity contribution in [2.45, 2.75) is 137 Å². The summed E-state index contributed by atoms with van der Waals surface area (Å²) in [6.07, 6.45) is 21.2. The van der Waals surface area contributed by atoms with Crippen LogP contribution in [0, 0.1) is 46.3 Å². The number of carbonyl (C=O) groups excluding carboxylic acids is 1. The third-order valence-corrected chi connectivity index (χ3v) is 13.3. The van der Waals surface area contributed by atoms with Crippen molar-refractivity contribution in [2.75, 3.05) is 52.4 Å². The lowest BCUT2D eigenvalue weighted by atomic mass is 9.47. The van der Waals surface area contributed by atoms with Gasteiger partial charge in [0.15, 0.2) is 0 Å². The van der Waals surface area contributed by atoms with Crippen molar-refractivity contribution in [3.05, 3.63) is 11.6 Å². The van der Waals surface area contributed by atoms with Gasteiger partial charge in [0.1, 0.15) is 6.10 Å². The Morgan fingerprint density at radius 3 is 2.26 bits per heavy atom. The molecule has 0 aromatic carbocycles. The molecule has 0 aromatic rings. The highest BCUT2D eigenvalue weighted by Crippen LogP contribution is 2.67. The minimum Gasteiger partial charge on any atom is -0.446 e. The fourth-order valence-electron chi connectivity index (χ4n) is 10.6. The molecule has 0 aromatic heterocycles. The maximum Gasteiger partial charge on any atom is 0.407 e. The van der Waals surface area contributed by atoms with Crippen LogP contribution in [0.25, 0.3) is 0 Å². The Labute approximate surface area is 289 Å². The number of alkyl carbamates (subject to hydrolysis) is 1. The molecule has 7 heteroatoms. The van der Waals surface area contributed by atoms with E-state index in [1.54, 1.807) is 5.57 Å². The lowest BCUT2D eigenvalue weighted by Crippen LogP contribution is -2.51. The number of fused-ring (bicyclic) bond motifs is 5. The Morgan fingerprint density at radius 2 is 1.53 bits per heavy atom. The first-order valence-corrected chi connectivity index (χ1v) is 20.1. The summed E-state index contributed by atoms with van der Waals surface area (Å²) >= 11 is 0. The van der Waals surface area contributed by atoms with Crippen LogP contribution in [-0.2, 0) is 4.74 Å². The van der Waals surface area contributed by atoms with Crippen LogP contribution in [0.3, 0.4) is 0 Å². The largest absolute Gasteiger partial charge is 0.446 e. The summed E-state index contributed by atoms with van der Waals surface area (Å²) in [7, 11) is 0. The second-order valence-electron chi connectivity index (χ2n) is 16.9. The number of nitrogens with two attached hydrogens (primary N) is 1. The SMILES string of the molecule is CC(C)CCC[C@@H](C)[C@H]1CCC2C3CC=C4CC(OC(=O)NCCNCCCNCCCCNCCCN)CC[C@]4(C)C3CC[C@@]21C. The highest BCUT2D eigenvalue weighted by Gasteiger charge is 2.59. The summed E-state index contributed by atoms with van der Waals surface area (Å²) in [5.41, 5.74) is 7.93. The molecule has 7 nitrogen and oxygen atoms in total. The van der Waals surface area contributed by atoms with Gasteiger partial charge in [0.2, 0.25) is 0 Å². The molecule has 0 aliphatic heterocycles. The molecule has 1 amide bonds. The molecule has 0 spiro atoms. The van der Waals surface area contributed by atoms with E-state index in [-0.39, 0.29) is 12.2 Å². The number of nitrogens with one attached hydrogen (secondary N) is 4. The zero-order chi connectivity index (χ0) is 33.7. The molecule has 0 radical (unpaired) electrons. The Balaban J connectivity index is 1.10. The standard InChI is InChI=1S/C40H75N5O2/c1-30(2)11-8-12-31(3)35-15-16-36-34-14-13-32-29-33(17-19-39(32,4)37(34)18-20-40(35,36)5)47-38(46)45-28-27-44-26-10-25-43-23-7-6-22-42-24-9-21-41/h13,30-31,33-37,42-44H,6-12,14-29,41H2,1-5H3,(H,45,46)/t31-,33?,34?,35-,36?,37?,39+,40-/m1/s1. The van der Waals surface area contributed by atoms with Crippen molar-refractivity contribution in [1.29, 1.82) is 0 Å². The Bertz CT molecular complexity index is 957. The van der Waals surface area contributed by atoms with Crippen LogP contribution in [0.2, 0.25) is 0 Å². The molecule has 4 aliphatic rings. The van der Waals surface area contributed by atoms with Gasteiger partial charge in [-0.1, -0.05) is 65.5 Å². The summed E-state index contributed by atoms with van der Waals surface area (Å²) in [4.78, 5) is 12.7. The van der Waals surface area contributed by atoms with Crippen LogP contribution in [0.4, 0.5) is 4.79 Å². The molecule has 3 saturated carbocycles. The Kier molecular flexibility index (Phi) is 15.9. The minimum atomic E-state index is -0.248. The highest BCUT2D eigenvalue weighted by molar-refractivity contribution is 5.67. The Hall–Kier alpha value is -1.15. The van der Waals surface area contributed by atoms with Gasteiger partial charge in [0, 0.05) is 19.5 Å². The summed E-state index contributed by atoms with van der Waals surface area (Å²) in [5, 5.41) is 13.4. The molecule has 8 atom stereocenters. The van der Waals surface area contributed by atoms with E-state index >= 15 is 0 Å². The normalized spacial score (nSPS) is 32.3. The monoisotopic (exact) mass is 658 g/mol. The molecule has 4 aliphatic carbocycles. The molecule has 4 unspecified atom stereocenters. The van der Waals surface area contributed by atoms with Crippen LogP contribution >= 0.6 is 0 Å². The topological polar surface area (TPSA) is 100 Å². The maximum atomic E-state index is 12.7. The van der Waals surface area contributed by atoms with E-state index in [0.29, 0.717) is 17.4 Å². The maximum absolute atomic E-state index is 12.7. The molecule has 6 N–H and O–H groups in total. The molecule has 4 rings (SSSR count). The number of carbonyl (C=O) groups is 1. The van der Waals surface area contributed by atoms with Crippen molar-refractivity contribution < 1.29 is 9.53 Å². The number of rotatable bonds is 21. The van der Waals surface area contributed by atoms with Crippen molar-refractivity contribution >= 4 is 6.09 Å². The number of allylic oxidation sites excluding steroid dienone is 1. The van der Waals surface area contributed by atoms with Crippen LogP contribution in [-0.4, -0.2) is 64.6 Å². The molecule has 0 bridgehead atoms. The van der Waals surface area contributed by atoms with Gasteiger partial charge in [-0.15, -0.1) is 0 Å². The van der Waals surface area contributed by atoms with Gasteiger partial charge < -0.3 is 31.7 Å². The van der Waals surface area contributed by atoms with Crippen molar-refractivity contribution in [3.63, 3.8) is 0 Å². The van der Waals surface area contributed by atoms with E-state index in [4.69, 9.17) is 10.5 Å². The van der Waals surface area contributed by atoms with Crippen LogP contribution in [0.5, 0.6) is 0 Å². The van der Waals surface area contributed by atoms with Gasteiger partial charge in [-0.3, -0.25) is 0 Å². The van der Waals surface area contributed by atoms with Gasteiger partial charge >= 0.3 is 6.09 Å². The lowest BCUT2D eigenvalue weighted by Gasteiger charge is -2.58. The van der Waals surface area contributed by atoms with Crippen LogP contribution in [0.1, 0.15) is 131 Å². The first-order valence-electron chi connectivity index (χ1n) is 20.1. The van der Waals surface area contributed by atoms with Gasteiger partial charge in [-0.25, -0.2) is 4.79 Å². The van der Waals surface area contributed by atoms with Crippen LogP contribution in [0.15, 0.2) is 11.6 Å². The van der Waals surface area contributed by atoms with E-state index in [2.05, 4.69) is 62.0 Å². The molecule has 0 saturated heterocycles. The smallest absolute Gasteiger partial charge is 0.407 e. The zero-order valence-corrected chi connectivity index (χ0v) is 31.3. The summed E-state index contributed by atoms with van der Waals surface area (Å²) < 4.78 is 5.97. The van der Waals surface area contributed by atoms with E-state index in [9.17, 15) is 4.79 Å². The second kappa shape index (κ2) is 19.3. The van der Waals surface area contributed by atoms with Crippen molar-refractivity contribution in [2.24, 2.45) is 52.1 Å². The average Bonchev–Trinajstić information content (AvgIpc) is 3.40. The molecule has 3 fully saturated rings. The third-order valence-electron chi connectivity index (χ3n) is 13.3. The predicted octanol–water partition coefficient (Wildman–Crippen LogP) is 7.41. The first-order chi connectivity index (χ1) is 22.7. The second-order valence-corrected chi connectivity index (χ2v) is 16.9. The molecule has 0 heterocycles. The Morgan fingerprint density at radius 1 is 0.830 bits per heavy atom. The molecule has 47 heavy (non-hydrogen) atoms. The first kappa shape index (κ1) is 38.6. The average molecular weight is 658 g/mol. The minimum absolute atomic E-state index is 0.0167. The molecular formula is C40H75N5O2. The lowest BCUT2D eigenvalue weighted by molar-refractivity contribution is -0.0581. The third kappa shape index (κ3) is 10.7. The van der Waals surface area contributed by atoms with Gasteiger partial charge in [0.25, 0.3) is 0 Å².